The Morgan fingerprint density at radius 1 is 1.24 bits per heavy atom. The minimum atomic E-state index is -1.00. The smallest absolute Gasteiger partial charge is 0.244 e. The standard InChI is InChI=1S/C15H11F2N3O/c16-11-2-1-3-12(7-11)20-14(15(19)21)9-4-5-13(17)10(6-9)8-18/h1-7,14,20H,(H2,19,21). The van der Waals surface area contributed by atoms with Gasteiger partial charge in [0.1, 0.15) is 23.7 Å². The molecule has 3 N–H and O–H groups in total. The number of carbonyl (C=O) groups is 1. The first kappa shape index (κ1) is 14.5. The molecule has 0 heterocycles. The van der Waals surface area contributed by atoms with Gasteiger partial charge in [0.05, 0.1) is 5.56 Å². The molecule has 0 fully saturated rings. The second-order valence-corrected chi connectivity index (χ2v) is 4.34. The molecule has 2 rings (SSSR count). The van der Waals surface area contributed by atoms with Crippen molar-refractivity contribution in [1.29, 1.82) is 5.26 Å². The summed E-state index contributed by atoms with van der Waals surface area (Å²) < 4.78 is 26.4. The lowest BCUT2D eigenvalue weighted by Crippen LogP contribution is -2.27. The summed E-state index contributed by atoms with van der Waals surface area (Å²) in [7, 11) is 0. The van der Waals surface area contributed by atoms with E-state index in [2.05, 4.69) is 5.32 Å². The molecule has 0 saturated carbocycles. The van der Waals surface area contributed by atoms with Crippen LogP contribution in [-0.2, 0) is 4.79 Å². The van der Waals surface area contributed by atoms with Crippen molar-refractivity contribution >= 4 is 11.6 Å². The van der Waals surface area contributed by atoms with Crippen molar-refractivity contribution in [2.24, 2.45) is 5.73 Å². The van der Waals surface area contributed by atoms with Gasteiger partial charge in [-0.25, -0.2) is 8.78 Å². The number of carbonyl (C=O) groups excluding carboxylic acids is 1. The lowest BCUT2D eigenvalue weighted by molar-refractivity contribution is -0.118. The SMILES string of the molecule is N#Cc1cc(C(Nc2cccc(F)c2)C(N)=O)ccc1F. The molecule has 21 heavy (non-hydrogen) atoms. The zero-order valence-corrected chi connectivity index (χ0v) is 10.8. The summed E-state index contributed by atoms with van der Waals surface area (Å²) in [5.41, 5.74) is 5.79. The van der Waals surface area contributed by atoms with Gasteiger partial charge in [0, 0.05) is 5.69 Å². The van der Waals surface area contributed by atoms with Gasteiger partial charge in [0.15, 0.2) is 0 Å². The van der Waals surface area contributed by atoms with E-state index in [9.17, 15) is 13.6 Å². The Kier molecular flexibility index (Phi) is 4.14. The van der Waals surface area contributed by atoms with Gasteiger partial charge in [-0.1, -0.05) is 12.1 Å². The van der Waals surface area contributed by atoms with Crippen LogP contribution >= 0.6 is 0 Å². The van der Waals surface area contributed by atoms with Crippen LogP contribution in [-0.4, -0.2) is 5.91 Å². The molecule has 0 aliphatic heterocycles. The zero-order valence-electron chi connectivity index (χ0n) is 10.8. The van der Waals surface area contributed by atoms with Crippen LogP contribution < -0.4 is 11.1 Å². The quantitative estimate of drug-likeness (QED) is 0.906. The fraction of sp³-hybridized carbons (Fsp3) is 0.0667. The van der Waals surface area contributed by atoms with E-state index in [0.717, 1.165) is 6.07 Å². The van der Waals surface area contributed by atoms with Crippen LogP contribution in [0.15, 0.2) is 42.5 Å². The predicted molar refractivity (Wildman–Crippen MR) is 73.1 cm³/mol. The van der Waals surface area contributed by atoms with Crippen molar-refractivity contribution in [3.05, 3.63) is 65.2 Å². The van der Waals surface area contributed by atoms with Crippen LogP contribution in [0.5, 0.6) is 0 Å². The molecule has 0 aromatic heterocycles. The van der Waals surface area contributed by atoms with Crippen LogP contribution in [0.3, 0.4) is 0 Å². The third kappa shape index (κ3) is 3.34. The minimum Gasteiger partial charge on any atom is -0.370 e. The number of nitrogens with zero attached hydrogens (tertiary/aromatic N) is 1. The fourth-order valence-corrected chi connectivity index (χ4v) is 1.87. The highest BCUT2D eigenvalue weighted by Crippen LogP contribution is 2.22. The molecule has 1 unspecified atom stereocenters. The molecule has 0 aliphatic carbocycles. The van der Waals surface area contributed by atoms with E-state index in [-0.39, 0.29) is 5.56 Å². The summed E-state index contributed by atoms with van der Waals surface area (Å²) in [6, 6.07) is 9.84. The largest absolute Gasteiger partial charge is 0.370 e. The lowest BCUT2D eigenvalue weighted by atomic mass is 10.0. The van der Waals surface area contributed by atoms with Gasteiger partial charge in [0.25, 0.3) is 0 Å². The Labute approximate surface area is 119 Å². The highest BCUT2D eigenvalue weighted by molar-refractivity contribution is 5.84. The van der Waals surface area contributed by atoms with Crippen molar-refractivity contribution in [3.8, 4) is 6.07 Å². The number of hydrogen-bond donors (Lipinski definition) is 2. The normalized spacial score (nSPS) is 11.5. The number of nitrogens with one attached hydrogen (secondary N) is 1. The van der Waals surface area contributed by atoms with Crippen molar-refractivity contribution in [2.45, 2.75) is 6.04 Å². The number of nitrogens with two attached hydrogens (primary N) is 1. The first-order valence-corrected chi connectivity index (χ1v) is 6.02. The molecule has 1 atom stereocenters. The first-order chi connectivity index (χ1) is 10.0. The van der Waals surface area contributed by atoms with Gasteiger partial charge >= 0.3 is 0 Å². The number of halogens is 2. The van der Waals surface area contributed by atoms with Crippen molar-refractivity contribution in [1.82, 2.24) is 0 Å². The molecule has 2 aromatic carbocycles. The maximum absolute atomic E-state index is 13.3. The van der Waals surface area contributed by atoms with Crippen molar-refractivity contribution in [2.75, 3.05) is 5.32 Å². The number of primary amides is 1. The molecular formula is C15H11F2N3O. The first-order valence-electron chi connectivity index (χ1n) is 6.02. The Balaban J connectivity index is 2.36. The van der Waals surface area contributed by atoms with Gasteiger partial charge in [-0.3, -0.25) is 4.79 Å². The van der Waals surface area contributed by atoms with Gasteiger partial charge in [-0.15, -0.1) is 0 Å². The Bertz CT molecular complexity index is 725. The average molecular weight is 287 g/mol. The second kappa shape index (κ2) is 6.01. The molecule has 0 aliphatic rings. The summed E-state index contributed by atoms with van der Waals surface area (Å²) in [5.74, 6) is -1.88. The third-order valence-corrected chi connectivity index (χ3v) is 2.86. The lowest BCUT2D eigenvalue weighted by Gasteiger charge is -2.17. The average Bonchev–Trinajstić information content (AvgIpc) is 2.45. The summed E-state index contributed by atoms with van der Waals surface area (Å²) in [4.78, 5) is 11.6. The fourth-order valence-electron chi connectivity index (χ4n) is 1.87. The Morgan fingerprint density at radius 2 is 2.00 bits per heavy atom. The Hall–Kier alpha value is -2.94. The minimum absolute atomic E-state index is 0.195. The van der Waals surface area contributed by atoms with E-state index >= 15 is 0 Å². The highest BCUT2D eigenvalue weighted by atomic mass is 19.1. The summed E-state index contributed by atoms with van der Waals surface area (Å²) >= 11 is 0. The summed E-state index contributed by atoms with van der Waals surface area (Å²) in [6.07, 6.45) is 0. The summed E-state index contributed by atoms with van der Waals surface area (Å²) in [6.45, 7) is 0. The highest BCUT2D eigenvalue weighted by Gasteiger charge is 2.19. The zero-order chi connectivity index (χ0) is 15.4. The van der Waals surface area contributed by atoms with E-state index in [4.69, 9.17) is 11.0 Å². The maximum atomic E-state index is 13.3. The molecule has 6 heteroatoms. The number of amides is 1. The van der Waals surface area contributed by atoms with Crippen LogP contribution in [0.4, 0.5) is 14.5 Å². The van der Waals surface area contributed by atoms with Crippen LogP contribution in [0.2, 0.25) is 0 Å². The van der Waals surface area contributed by atoms with Gasteiger partial charge in [-0.2, -0.15) is 5.26 Å². The topological polar surface area (TPSA) is 78.9 Å². The van der Waals surface area contributed by atoms with Crippen LogP contribution in [0.25, 0.3) is 0 Å². The second-order valence-electron chi connectivity index (χ2n) is 4.34. The van der Waals surface area contributed by atoms with Gasteiger partial charge in [0.2, 0.25) is 5.91 Å². The van der Waals surface area contributed by atoms with E-state index in [0.29, 0.717) is 11.3 Å². The molecule has 0 spiro atoms. The van der Waals surface area contributed by atoms with E-state index in [1.165, 1.54) is 30.3 Å². The van der Waals surface area contributed by atoms with Crippen LogP contribution in [0.1, 0.15) is 17.2 Å². The number of benzene rings is 2. The van der Waals surface area contributed by atoms with Crippen LogP contribution in [0, 0.1) is 23.0 Å². The molecule has 2 aromatic rings. The molecule has 0 bridgehead atoms. The van der Waals surface area contributed by atoms with Crippen molar-refractivity contribution < 1.29 is 13.6 Å². The number of hydrogen-bond acceptors (Lipinski definition) is 3. The van der Waals surface area contributed by atoms with E-state index < -0.39 is 23.6 Å². The molecule has 1 amide bonds. The molecule has 0 radical (unpaired) electrons. The number of rotatable bonds is 4. The van der Waals surface area contributed by atoms with E-state index in [1.807, 2.05) is 0 Å². The molecule has 106 valence electrons. The monoisotopic (exact) mass is 287 g/mol. The predicted octanol–water partition coefficient (Wildman–Crippen LogP) is 2.47. The molecule has 4 nitrogen and oxygen atoms in total. The van der Waals surface area contributed by atoms with Gasteiger partial charge < -0.3 is 11.1 Å². The maximum Gasteiger partial charge on any atom is 0.244 e. The molecule has 0 saturated heterocycles. The van der Waals surface area contributed by atoms with Gasteiger partial charge in [-0.05, 0) is 35.9 Å². The molecular weight excluding hydrogens is 276 g/mol. The number of nitriles is 1. The summed E-state index contributed by atoms with van der Waals surface area (Å²) in [5, 5.41) is 11.6. The number of anilines is 1. The van der Waals surface area contributed by atoms with Crippen molar-refractivity contribution in [3.63, 3.8) is 0 Å². The Morgan fingerprint density at radius 3 is 2.62 bits per heavy atom. The van der Waals surface area contributed by atoms with E-state index in [1.54, 1.807) is 12.1 Å². The third-order valence-electron chi connectivity index (χ3n) is 2.86.